The molecule has 0 radical (unpaired) electrons. The lowest BCUT2D eigenvalue weighted by Gasteiger charge is -2.22. The van der Waals surface area contributed by atoms with Gasteiger partial charge < -0.3 is 16.2 Å². The van der Waals surface area contributed by atoms with Crippen LogP contribution in [0.5, 0.6) is 0 Å². The van der Waals surface area contributed by atoms with Gasteiger partial charge in [0.15, 0.2) is 5.65 Å². The Morgan fingerprint density at radius 3 is 2.79 bits per heavy atom. The largest absolute Gasteiger partial charge is 0.394 e. The van der Waals surface area contributed by atoms with Crippen molar-refractivity contribution >= 4 is 28.6 Å². The summed E-state index contributed by atoms with van der Waals surface area (Å²) in [7, 11) is 0. The highest BCUT2D eigenvalue weighted by molar-refractivity contribution is 6.04. The number of pyridine rings is 1. The van der Waals surface area contributed by atoms with Gasteiger partial charge in [-0.1, -0.05) is 12.1 Å². The number of aromatic nitrogens is 7. The van der Waals surface area contributed by atoms with Crippen molar-refractivity contribution in [2.45, 2.75) is 38.8 Å². The molecule has 0 bridgehead atoms. The van der Waals surface area contributed by atoms with Crippen LogP contribution < -0.4 is 11.1 Å². The molecule has 4 heterocycles. The van der Waals surface area contributed by atoms with Crippen molar-refractivity contribution in [3.05, 3.63) is 77.5 Å². The molecule has 1 amide bonds. The first-order valence-corrected chi connectivity index (χ1v) is 12.5. The summed E-state index contributed by atoms with van der Waals surface area (Å²) in [5, 5.41) is 22.5. The van der Waals surface area contributed by atoms with E-state index in [1.807, 2.05) is 42.1 Å². The van der Waals surface area contributed by atoms with Gasteiger partial charge in [0.1, 0.15) is 23.7 Å². The monoisotopic (exact) mass is 509 g/mol. The van der Waals surface area contributed by atoms with E-state index in [9.17, 15) is 9.90 Å². The molecular formula is C27H27N9O2. The molecule has 0 spiro atoms. The number of nitrogens with two attached hydrogens (primary N) is 1. The van der Waals surface area contributed by atoms with Crippen molar-refractivity contribution in [2.75, 3.05) is 17.7 Å². The van der Waals surface area contributed by atoms with Crippen molar-refractivity contribution in [2.24, 2.45) is 0 Å². The first-order chi connectivity index (χ1) is 18.5. The number of aliphatic hydroxyl groups is 1. The number of nitrogen functional groups attached to an aromatic ring is 1. The van der Waals surface area contributed by atoms with Gasteiger partial charge in [0.25, 0.3) is 5.91 Å². The van der Waals surface area contributed by atoms with Crippen molar-refractivity contribution < 1.29 is 9.90 Å². The van der Waals surface area contributed by atoms with E-state index >= 15 is 0 Å². The number of aliphatic hydroxyl groups excluding tert-OH is 1. The molecule has 0 aliphatic heterocycles. The Kier molecular flexibility index (Phi) is 6.04. The third-order valence-electron chi connectivity index (χ3n) is 6.84. The molecule has 5 aromatic rings. The Hall–Kier alpha value is -4.64. The van der Waals surface area contributed by atoms with E-state index in [4.69, 9.17) is 10.8 Å². The van der Waals surface area contributed by atoms with Gasteiger partial charge in [0.2, 0.25) is 0 Å². The summed E-state index contributed by atoms with van der Waals surface area (Å²) in [5.41, 5.74) is 12.0. The van der Waals surface area contributed by atoms with Crippen LogP contribution in [0.3, 0.4) is 0 Å². The van der Waals surface area contributed by atoms with Gasteiger partial charge in [0.05, 0.1) is 30.3 Å². The zero-order valence-corrected chi connectivity index (χ0v) is 20.9. The summed E-state index contributed by atoms with van der Waals surface area (Å²) < 4.78 is 3.70. The van der Waals surface area contributed by atoms with Crippen LogP contribution in [0.25, 0.3) is 22.3 Å². The number of amides is 1. The normalized spacial score (nSPS) is 14.9. The fraction of sp³-hybridized carbons (Fsp3) is 0.259. The molecule has 0 saturated carbocycles. The van der Waals surface area contributed by atoms with Crippen LogP contribution >= 0.6 is 0 Å². The van der Waals surface area contributed by atoms with E-state index in [2.05, 4.69) is 25.4 Å². The minimum atomic E-state index is -0.248. The molecule has 0 saturated heterocycles. The van der Waals surface area contributed by atoms with Crippen LogP contribution in [0.1, 0.15) is 46.1 Å². The maximum absolute atomic E-state index is 12.8. The van der Waals surface area contributed by atoms with Crippen LogP contribution in [0, 0.1) is 6.92 Å². The summed E-state index contributed by atoms with van der Waals surface area (Å²) in [5.74, 6) is 0.598. The molecule has 6 rings (SSSR count). The third-order valence-corrected chi connectivity index (χ3v) is 6.84. The molecule has 4 N–H and O–H groups in total. The Bertz CT molecular complexity index is 1640. The summed E-state index contributed by atoms with van der Waals surface area (Å²) in [4.78, 5) is 25.8. The van der Waals surface area contributed by atoms with Gasteiger partial charge >= 0.3 is 0 Å². The number of carbonyl (C=O) groups is 1. The lowest BCUT2D eigenvalue weighted by atomic mass is 9.93. The van der Waals surface area contributed by atoms with Gasteiger partial charge in [0, 0.05) is 29.1 Å². The Balaban J connectivity index is 1.36. The SMILES string of the molecule is Cc1ccnc(NC(=O)c2ccc(-c3nn([C@@H]4CCCc5nn(CCO)cc54)c4ncnc(N)c34)cc2)c1. The van der Waals surface area contributed by atoms with Crippen LogP contribution in [0.4, 0.5) is 11.6 Å². The molecule has 1 aliphatic rings. The fourth-order valence-electron chi connectivity index (χ4n) is 5.03. The first-order valence-electron chi connectivity index (χ1n) is 12.5. The molecule has 1 atom stereocenters. The van der Waals surface area contributed by atoms with E-state index in [0.29, 0.717) is 40.5 Å². The molecule has 0 unspecified atom stereocenters. The molecular weight excluding hydrogens is 482 g/mol. The zero-order valence-electron chi connectivity index (χ0n) is 20.9. The predicted octanol–water partition coefficient (Wildman–Crippen LogP) is 3.15. The fourth-order valence-corrected chi connectivity index (χ4v) is 5.03. The van der Waals surface area contributed by atoms with Crippen LogP contribution in [0.15, 0.2) is 55.1 Å². The molecule has 4 aromatic heterocycles. The zero-order chi connectivity index (χ0) is 26.2. The summed E-state index contributed by atoms with van der Waals surface area (Å²) in [6.45, 7) is 2.42. The Morgan fingerprint density at radius 1 is 1.16 bits per heavy atom. The second-order valence-electron chi connectivity index (χ2n) is 9.43. The maximum Gasteiger partial charge on any atom is 0.256 e. The number of aryl methyl sites for hydroxylation is 2. The number of hydrogen-bond donors (Lipinski definition) is 3. The minimum absolute atomic E-state index is 0.0271. The van der Waals surface area contributed by atoms with E-state index in [0.717, 1.165) is 41.6 Å². The number of carbonyl (C=O) groups excluding carboxylic acids is 1. The number of hydrogen-bond acceptors (Lipinski definition) is 8. The standard InChI is InChI=1S/C27H27N9O2/c1-16-9-10-29-22(13-16)32-27(38)18-7-5-17(6-8-18)24-23-25(28)30-15-31-26(23)36(34-24)21-4-2-3-20-19(21)14-35(33-20)11-12-37/h5-10,13-15,21,37H,2-4,11-12H2,1H3,(H2,28,30,31)(H,29,32,38)/t21-/m1/s1. The smallest absolute Gasteiger partial charge is 0.256 e. The average Bonchev–Trinajstić information content (AvgIpc) is 3.51. The topological polar surface area (TPSA) is 150 Å². The van der Waals surface area contributed by atoms with Crippen LogP contribution in [-0.4, -0.2) is 52.1 Å². The maximum atomic E-state index is 12.8. The number of benzene rings is 1. The summed E-state index contributed by atoms with van der Waals surface area (Å²) in [6.07, 6.45) is 7.83. The van der Waals surface area contributed by atoms with Crippen molar-refractivity contribution in [1.82, 2.24) is 34.5 Å². The molecule has 1 aromatic carbocycles. The number of rotatable bonds is 6. The first kappa shape index (κ1) is 23.7. The quantitative estimate of drug-likeness (QED) is 0.316. The predicted molar refractivity (Wildman–Crippen MR) is 142 cm³/mol. The minimum Gasteiger partial charge on any atom is -0.394 e. The summed E-state index contributed by atoms with van der Waals surface area (Å²) in [6, 6.07) is 10.8. The van der Waals surface area contributed by atoms with Crippen molar-refractivity contribution in [3.63, 3.8) is 0 Å². The number of nitrogens with zero attached hydrogens (tertiary/aromatic N) is 7. The lowest BCUT2D eigenvalue weighted by Crippen LogP contribution is -2.18. The van der Waals surface area contributed by atoms with Crippen LogP contribution in [-0.2, 0) is 13.0 Å². The Morgan fingerprint density at radius 2 is 2.00 bits per heavy atom. The molecule has 11 heteroatoms. The van der Waals surface area contributed by atoms with E-state index < -0.39 is 0 Å². The molecule has 11 nitrogen and oxygen atoms in total. The van der Waals surface area contributed by atoms with E-state index in [-0.39, 0.29) is 18.6 Å². The highest BCUT2D eigenvalue weighted by atomic mass is 16.3. The van der Waals surface area contributed by atoms with Gasteiger partial charge in [-0.3, -0.25) is 9.48 Å². The average molecular weight is 510 g/mol. The lowest BCUT2D eigenvalue weighted by molar-refractivity contribution is 0.102. The molecule has 1 aliphatic carbocycles. The van der Waals surface area contributed by atoms with Gasteiger partial charge in [-0.25, -0.2) is 19.6 Å². The Labute approximate surface area is 218 Å². The third kappa shape index (κ3) is 4.26. The van der Waals surface area contributed by atoms with Gasteiger partial charge in [-0.2, -0.15) is 10.2 Å². The van der Waals surface area contributed by atoms with E-state index in [1.54, 1.807) is 23.0 Å². The number of nitrogens with one attached hydrogen (secondary N) is 1. The van der Waals surface area contributed by atoms with Gasteiger partial charge in [-0.05, 0) is 56.0 Å². The second kappa shape index (κ2) is 9.67. The number of anilines is 2. The van der Waals surface area contributed by atoms with Gasteiger partial charge in [-0.15, -0.1) is 0 Å². The molecule has 38 heavy (non-hydrogen) atoms. The second-order valence-corrected chi connectivity index (χ2v) is 9.43. The molecule has 192 valence electrons. The summed E-state index contributed by atoms with van der Waals surface area (Å²) >= 11 is 0. The highest BCUT2D eigenvalue weighted by Gasteiger charge is 2.29. The van der Waals surface area contributed by atoms with Crippen molar-refractivity contribution in [1.29, 1.82) is 0 Å². The van der Waals surface area contributed by atoms with Crippen molar-refractivity contribution in [3.8, 4) is 11.3 Å². The number of fused-ring (bicyclic) bond motifs is 2. The molecule has 0 fully saturated rings. The van der Waals surface area contributed by atoms with E-state index in [1.165, 1.54) is 6.33 Å². The van der Waals surface area contributed by atoms with Crippen LogP contribution in [0.2, 0.25) is 0 Å². The highest BCUT2D eigenvalue weighted by Crippen LogP contribution is 2.37.